The van der Waals surface area contributed by atoms with E-state index in [4.69, 9.17) is 10.3 Å². The van der Waals surface area contributed by atoms with E-state index in [9.17, 15) is 0 Å². The van der Waals surface area contributed by atoms with Crippen LogP contribution >= 0.6 is 10.4 Å². The van der Waals surface area contributed by atoms with E-state index in [-0.39, 0.29) is 0 Å². The van der Waals surface area contributed by atoms with Gasteiger partial charge in [0, 0.05) is 11.5 Å². The molecule has 0 aliphatic rings. The van der Waals surface area contributed by atoms with Crippen molar-refractivity contribution in [3.05, 3.63) is 0 Å². The smallest absolute Gasteiger partial charge is 0.000910 e. The zero-order valence-electron chi connectivity index (χ0n) is 7.81. The maximum atomic E-state index is 5.95. The number of unbranched alkanes of at least 4 members (excludes halogenated alkanes) is 2. The molecule has 3 heteroatoms. The molecule has 0 heterocycles. The Morgan fingerprint density at radius 2 is 1.27 bits per heavy atom. The Balaban J connectivity index is 3.43. The molecule has 0 aromatic heterocycles. The molecule has 0 aliphatic carbocycles. The summed E-state index contributed by atoms with van der Waals surface area (Å²) >= 11 is 0. The summed E-state index contributed by atoms with van der Waals surface area (Å²) in [6.45, 7) is 4.35. The fourth-order valence-corrected chi connectivity index (χ4v) is 2.78. The van der Waals surface area contributed by atoms with Gasteiger partial charge in [0.25, 0.3) is 0 Å². The first-order chi connectivity index (χ1) is 5.12. The number of nitrogens with two attached hydrogens (primary N) is 2. The minimum Gasteiger partial charge on any atom is -0.284 e. The van der Waals surface area contributed by atoms with Crippen LogP contribution in [0.25, 0.3) is 0 Å². The van der Waals surface area contributed by atoms with Gasteiger partial charge in [0.1, 0.15) is 0 Å². The summed E-state index contributed by atoms with van der Waals surface area (Å²) in [7, 11) is -1.21. The molecule has 0 atom stereocenters. The summed E-state index contributed by atoms with van der Waals surface area (Å²) in [5.74, 6) is 2.09. The van der Waals surface area contributed by atoms with Gasteiger partial charge in [-0.15, -0.1) is 10.4 Å². The molecule has 2 nitrogen and oxygen atoms in total. The molecule has 0 unspecified atom stereocenters. The number of hydrogen-bond acceptors (Lipinski definition) is 2. The van der Waals surface area contributed by atoms with E-state index in [0.717, 1.165) is 11.5 Å². The molecule has 70 valence electrons. The molecule has 0 saturated carbocycles. The van der Waals surface area contributed by atoms with E-state index in [1.54, 1.807) is 0 Å². The zero-order valence-corrected chi connectivity index (χ0v) is 8.62. The molecule has 0 bridgehead atoms. The summed E-state index contributed by atoms with van der Waals surface area (Å²) < 4.78 is 0. The zero-order chi connectivity index (χ0) is 8.74. The summed E-state index contributed by atoms with van der Waals surface area (Å²) in [5, 5.41) is 11.9. The van der Waals surface area contributed by atoms with Crippen molar-refractivity contribution in [1.82, 2.24) is 0 Å². The first-order valence-corrected chi connectivity index (χ1v) is 6.56. The van der Waals surface area contributed by atoms with Crippen molar-refractivity contribution >= 4 is 10.4 Å². The van der Waals surface area contributed by atoms with Crippen LogP contribution in [0.3, 0.4) is 0 Å². The Bertz CT molecular complexity index is 84.1. The fraction of sp³-hybridized carbons (Fsp3) is 1.00. The van der Waals surface area contributed by atoms with Gasteiger partial charge in [-0.25, -0.2) is 0 Å². The minimum absolute atomic E-state index is 1.05. The lowest BCUT2D eigenvalue weighted by molar-refractivity contribution is 0.867. The molecular formula is C8H22N2S. The monoisotopic (exact) mass is 178 g/mol. The lowest BCUT2D eigenvalue weighted by Gasteiger charge is -2.30. The Morgan fingerprint density at radius 3 is 1.55 bits per heavy atom. The highest BCUT2D eigenvalue weighted by Gasteiger charge is 2.10. The molecule has 0 aliphatic heterocycles. The largest absolute Gasteiger partial charge is 0.284 e. The number of rotatable bonds is 6. The van der Waals surface area contributed by atoms with Crippen LogP contribution < -0.4 is 10.3 Å². The Morgan fingerprint density at radius 1 is 0.909 bits per heavy atom. The van der Waals surface area contributed by atoms with Crippen LogP contribution in [0.5, 0.6) is 0 Å². The Kier molecular flexibility index (Phi) is 6.01. The first-order valence-electron chi connectivity index (χ1n) is 4.46. The van der Waals surface area contributed by atoms with E-state index < -0.39 is 10.4 Å². The molecular weight excluding hydrogens is 156 g/mol. The Hall–Kier alpha value is 0.270. The summed E-state index contributed by atoms with van der Waals surface area (Å²) in [6.07, 6.45) is 4.78. The van der Waals surface area contributed by atoms with Crippen molar-refractivity contribution in [3.63, 3.8) is 0 Å². The Labute approximate surface area is 72.3 Å². The molecule has 11 heavy (non-hydrogen) atoms. The summed E-state index contributed by atoms with van der Waals surface area (Å²) in [4.78, 5) is 0. The van der Waals surface area contributed by atoms with E-state index >= 15 is 0 Å². The van der Waals surface area contributed by atoms with Gasteiger partial charge < -0.3 is 0 Å². The molecule has 0 rings (SSSR count). The second-order valence-electron chi connectivity index (χ2n) is 3.12. The van der Waals surface area contributed by atoms with Crippen LogP contribution in [0.1, 0.15) is 39.5 Å². The maximum Gasteiger partial charge on any atom is 0.000910 e. The summed E-state index contributed by atoms with van der Waals surface area (Å²) in [6, 6.07) is 0. The van der Waals surface area contributed by atoms with Crippen molar-refractivity contribution in [3.8, 4) is 0 Å². The van der Waals surface area contributed by atoms with Crippen LogP contribution in [0.15, 0.2) is 0 Å². The van der Waals surface area contributed by atoms with Crippen molar-refractivity contribution in [1.29, 1.82) is 0 Å². The van der Waals surface area contributed by atoms with Crippen molar-refractivity contribution in [2.45, 2.75) is 39.5 Å². The highest BCUT2D eigenvalue weighted by Crippen LogP contribution is 2.32. The predicted molar refractivity (Wildman–Crippen MR) is 55.5 cm³/mol. The predicted octanol–water partition coefficient (Wildman–Crippen LogP) is 2.14. The van der Waals surface area contributed by atoms with Crippen LogP contribution in [-0.4, -0.2) is 11.5 Å². The average Bonchev–Trinajstić information content (AvgIpc) is 1.97. The van der Waals surface area contributed by atoms with Gasteiger partial charge in [-0.1, -0.05) is 26.7 Å². The highest BCUT2D eigenvalue weighted by atomic mass is 32.3. The molecule has 4 N–H and O–H groups in total. The minimum atomic E-state index is -1.21. The van der Waals surface area contributed by atoms with E-state index in [1.807, 2.05) is 0 Å². The van der Waals surface area contributed by atoms with Gasteiger partial charge >= 0.3 is 0 Å². The normalized spacial score (nSPS) is 13.5. The SMILES string of the molecule is CCCCS(N)(N)CCCC. The molecule has 0 saturated heterocycles. The molecule has 0 fully saturated rings. The lowest BCUT2D eigenvalue weighted by Crippen LogP contribution is -2.26. The first kappa shape index (κ1) is 11.3. The van der Waals surface area contributed by atoms with E-state index in [0.29, 0.717) is 0 Å². The van der Waals surface area contributed by atoms with Gasteiger partial charge in [0.2, 0.25) is 0 Å². The van der Waals surface area contributed by atoms with Crippen molar-refractivity contribution in [2.75, 3.05) is 11.5 Å². The topological polar surface area (TPSA) is 52.0 Å². The van der Waals surface area contributed by atoms with E-state index in [2.05, 4.69) is 13.8 Å². The summed E-state index contributed by atoms with van der Waals surface area (Å²) in [5.41, 5.74) is 0. The van der Waals surface area contributed by atoms with Crippen LogP contribution in [0, 0.1) is 0 Å². The number of hydrogen-bond donors (Lipinski definition) is 2. The lowest BCUT2D eigenvalue weighted by atomic mass is 10.4. The molecule has 0 radical (unpaired) electrons. The van der Waals surface area contributed by atoms with Gasteiger partial charge in [0.15, 0.2) is 0 Å². The van der Waals surface area contributed by atoms with Crippen molar-refractivity contribution in [2.24, 2.45) is 10.3 Å². The molecule has 0 amide bonds. The third-order valence-electron chi connectivity index (χ3n) is 1.76. The van der Waals surface area contributed by atoms with Gasteiger partial charge in [-0.05, 0) is 12.8 Å². The van der Waals surface area contributed by atoms with Gasteiger partial charge in [-0.2, -0.15) is 0 Å². The second-order valence-corrected chi connectivity index (χ2v) is 5.95. The second kappa shape index (κ2) is 5.86. The quantitative estimate of drug-likeness (QED) is 0.654. The standard InChI is InChI=1S/C8H22N2S/c1-3-5-7-11(9,10)8-6-4-2/h3-10H2,1-2H3. The van der Waals surface area contributed by atoms with Gasteiger partial charge in [-0.3, -0.25) is 10.3 Å². The van der Waals surface area contributed by atoms with Crippen LogP contribution in [0.4, 0.5) is 0 Å². The fourth-order valence-electron chi connectivity index (χ4n) is 0.928. The maximum absolute atomic E-state index is 5.95. The van der Waals surface area contributed by atoms with Crippen LogP contribution in [-0.2, 0) is 0 Å². The molecule has 0 aromatic carbocycles. The average molecular weight is 178 g/mol. The third-order valence-corrected chi connectivity index (χ3v) is 3.85. The van der Waals surface area contributed by atoms with Crippen LogP contribution in [0.2, 0.25) is 0 Å². The van der Waals surface area contributed by atoms with Gasteiger partial charge in [0.05, 0.1) is 0 Å². The van der Waals surface area contributed by atoms with E-state index in [1.165, 1.54) is 25.7 Å². The molecule has 0 aromatic rings. The molecule has 0 spiro atoms. The third kappa shape index (κ3) is 6.66. The van der Waals surface area contributed by atoms with Crippen molar-refractivity contribution < 1.29 is 0 Å². The highest BCUT2D eigenvalue weighted by molar-refractivity contribution is 8.30.